The zero-order chi connectivity index (χ0) is 14.5. The zero-order valence-corrected chi connectivity index (χ0v) is 15.9. The lowest BCUT2D eigenvalue weighted by atomic mass is 10.1. The van der Waals surface area contributed by atoms with Crippen molar-refractivity contribution in [1.82, 2.24) is 5.32 Å². The molecule has 0 bridgehead atoms. The van der Waals surface area contributed by atoms with Crippen LogP contribution in [-0.2, 0) is 13.1 Å². The average molecular weight is 436 g/mol. The molecule has 0 fully saturated rings. The molecule has 0 aliphatic rings. The van der Waals surface area contributed by atoms with Crippen LogP contribution in [-0.4, -0.2) is 7.11 Å². The fourth-order valence-corrected chi connectivity index (χ4v) is 3.50. The lowest BCUT2D eigenvalue weighted by Crippen LogP contribution is -2.13. The van der Waals surface area contributed by atoms with Gasteiger partial charge in [0.25, 0.3) is 0 Å². The van der Waals surface area contributed by atoms with E-state index in [2.05, 4.69) is 74.4 Å². The van der Waals surface area contributed by atoms with Crippen molar-refractivity contribution in [2.24, 2.45) is 0 Å². The number of methoxy groups -OCH3 is 1. The maximum absolute atomic E-state index is 5.44. The minimum atomic E-state index is 0. The molecule has 1 N–H and O–H groups in total. The Labute approximate surface area is 148 Å². The molecule has 2 aromatic carbocycles. The van der Waals surface area contributed by atoms with Gasteiger partial charge in [0, 0.05) is 23.1 Å². The smallest absolute Gasteiger partial charge is 0.137 e. The van der Waals surface area contributed by atoms with Crippen molar-refractivity contribution in [2.75, 3.05) is 7.11 Å². The van der Waals surface area contributed by atoms with E-state index >= 15 is 0 Å². The van der Waals surface area contributed by atoms with Crippen molar-refractivity contribution in [3.05, 3.63) is 62.0 Å². The number of halogens is 3. The molecule has 2 rings (SSSR count). The van der Waals surface area contributed by atoms with E-state index < -0.39 is 0 Å². The van der Waals surface area contributed by atoms with E-state index in [9.17, 15) is 0 Å². The topological polar surface area (TPSA) is 21.3 Å². The Hall–Kier alpha value is -0.550. The van der Waals surface area contributed by atoms with Crippen LogP contribution in [0, 0.1) is 6.92 Å². The molecule has 5 heteroatoms. The van der Waals surface area contributed by atoms with Gasteiger partial charge in [-0.2, -0.15) is 0 Å². The predicted molar refractivity (Wildman–Crippen MR) is 97.4 cm³/mol. The van der Waals surface area contributed by atoms with Crippen LogP contribution in [0.2, 0.25) is 0 Å². The van der Waals surface area contributed by atoms with E-state index in [-0.39, 0.29) is 12.4 Å². The minimum absolute atomic E-state index is 0. The summed E-state index contributed by atoms with van der Waals surface area (Å²) in [7, 11) is 1.69. The van der Waals surface area contributed by atoms with Crippen molar-refractivity contribution in [3.63, 3.8) is 0 Å². The number of aryl methyl sites for hydroxylation is 1. The van der Waals surface area contributed by atoms with E-state index in [0.717, 1.165) is 33.3 Å². The summed E-state index contributed by atoms with van der Waals surface area (Å²) in [5, 5.41) is 3.44. The van der Waals surface area contributed by atoms with Crippen LogP contribution >= 0.6 is 44.3 Å². The van der Waals surface area contributed by atoms with Crippen LogP contribution in [0.3, 0.4) is 0 Å². The molecule has 0 aliphatic heterocycles. The third-order valence-corrected chi connectivity index (χ3v) is 4.10. The van der Waals surface area contributed by atoms with Gasteiger partial charge in [0.15, 0.2) is 0 Å². The van der Waals surface area contributed by atoms with Crippen LogP contribution in [0.25, 0.3) is 0 Å². The molecule has 0 spiro atoms. The monoisotopic (exact) mass is 433 g/mol. The minimum Gasteiger partial charge on any atom is -0.495 e. The van der Waals surface area contributed by atoms with E-state index in [1.165, 1.54) is 11.1 Å². The van der Waals surface area contributed by atoms with Gasteiger partial charge in [-0.1, -0.05) is 45.8 Å². The van der Waals surface area contributed by atoms with Gasteiger partial charge in [-0.15, -0.1) is 12.4 Å². The zero-order valence-electron chi connectivity index (χ0n) is 12.0. The van der Waals surface area contributed by atoms with E-state index in [1.807, 2.05) is 6.07 Å². The van der Waals surface area contributed by atoms with Gasteiger partial charge in [-0.25, -0.2) is 0 Å². The molecule has 0 atom stereocenters. The molecule has 0 aromatic heterocycles. The Morgan fingerprint density at radius 2 is 1.71 bits per heavy atom. The van der Waals surface area contributed by atoms with Gasteiger partial charge in [0.1, 0.15) is 5.75 Å². The van der Waals surface area contributed by atoms with Crippen molar-refractivity contribution in [1.29, 1.82) is 0 Å². The number of rotatable bonds is 5. The molecule has 0 aliphatic carbocycles. The maximum atomic E-state index is 5.44. The average Bonchev–Trinajstić information content (AvgIpc) is 2.40. The molecule has 0 unspecified atom stereocenters. The van der Waals surface area contributed by atoms with Crippen LogP contribution in [0.15, 0.2) is 45.3 Å². The molecule has 21 heavy (non-hydrogen) atoms. The van der Waals surface area contributed by atoms with Gasteiger partial charge in [0.05, 0.1) is 11.6 Å². The highest BCUT2D eigenvalue weighted by Crippen LogP contribution is 2.32. The summed E-state index contributed by atoms with van der Waals surface area (Å²) >= 11 is 7.03. The van der Waals surface area contributed by atoms with E-state index in [4.69, 9.17) is 4.74 Å². The first-order valence-electron chi connectivity index (χ1n) is 6.38. The first-order valence-corrected chi connectivity index (χ1v) is 7.97. The first-order chi connectivity index (χ1) is 9.60. The van der Waals surface area contributed by atoms with E-state index in [1.54, 1.807) is 7.11 Å². The highest BCUT2D eigenvalue weighted by molar-refractivity contribution is 9.11. The second-order valence-electron chi connectivity index (χ2n) is 4.67. The highest BCUT2D eigenvalue weighted by atomic mass is 79.9. The summed E-state index contributed by atoms with van der Waals surface area (Å²) < 4.78 is 7.44. The SMILES string of the molecule is COc1c(Br)cc(Br)cc1CNCc1ccc(C)cc1.Cl. The molecular weight excluding hydrogens is 417 g/mol. The summed E-state index contributed by atoms with van der Waals surface area (Å²) in [5.74, 6) is 0.879. The number of nitrogens with one attached hydrogen (secondary N) is 1. The summed E-state index contributed by atoms with van der Waals surface area (Å²) in [5.41, 5.74) is 3.69. The Morgan fingerprint density at radius 3 is 2.33 bits per heavy atom. The number of ether oxygens (including phenoxy) is 1. The molecule has 0 heterocycles. The molecule has 2 aromatic rings. The molecule has 0 amide bonds. The third-order valence-electron chi connectivity index (χ3n) is 3.05. The largest absolute Gasteiger partial charge is 0.495 e. The third kappa shape index (κ3) is 5.29. The van der Waals surface area contributed by atoms with Crippen LogP contribution < -0.4 is 10.1 Å². The van der Waals surface area contributed by atoms with Crippen LogP contribution in [0.5, 0.6) is 5.75 Å². The van der Waals surface area contributed by atoms with Gasteiger partial charge >= 0.3 is 0 Å². The normalized spacial score (nSPS) is 10.1. The Bertz CT molecular complexity index is 588. The Kier molecular flexibility index (Phi) is 7.74. The van der Waals surface area contributed by atoms with Gasteiger partial charge in [0.2, 0.25) is 0 Å². The second kappa shape index (κ2) is 8.79. The summed E-state index contributed by atoms with van der Waals surface area (Å²) in [6.45, 7) is 3.70. The Balaban J connectivity index is 0.00000220. The molecule has 2 nitrogen and oxygen atoms in total. The lowest BCUT2D eigenvalue weighted by Gasteiger charge is -2.12. The molecule has 0 saturated carbocycles. The van der Waals surface area contributed by atoms with Crippen molar-refractivity contribution in [3.8, 4) is 5.75 Å². The quantitative estimate of drug-likeness (QED) is 0.694. The fourth-order valence-electron chi connectivity index (χ4n) is 2.02. The summed E-state index contributed by atoms with van der Waals surface area (Å²) in [6, 6.07) is 12.6. The van der Waals surface area contributed by atoms with Crippen LogP contribution in [0.4, 0.5) is 0 Å². The predicted octanol–water partition coefficient (Wildman–Crippen LogP) is 5.24. The molecular formula is C16H18Br2ClNO. The van der Waals surface area contributed by atoms with Gasteiger partial charge in [-0.05, 0) is 40.5 Å². The highest BCUT2D eigenvalue weighted by Gasteiger charge is 2.08. The summed E-state index contributed by atoms with van der Waals surface area (Å²) in [6.07, 6.45) is 0. The van der Waals surface area contributed by atoms with Crippen LogP contribution in [0.1, 0.15) is 16.7 Å². The van der Waals surface area contributed by atoms with Crippen molar-refractivity contribution in [2.45, 2.75) is 20.0 Å². The number of hydrogen-bond acceptors (Lipinski definition) is 2. The fraction of sp³-hybridized carbons (Fsp3) is 0.250. The molecule has 114 valence electrons. The van der Waals surface area contributed by atoms with Crippen molar-refractivity contribution >= 4 is 44.3 Å². The number of hydrogen-bond donors (Lipinski definition) is 1. The van der Waals surface area contributed by atoms with Gasteiger partial charge in [-0.3, -0.25) is 0 Å². The molecule has 0 radical (unpaired) electrons. The van der Waals surface area contributed by atoms with E-state index in [0.29, 0.717) is 0 Å². The maximum Gasteiger partial charge on any atom is 0.137 e. The lowest BCUT2D eigenvalue weighted by molar-refractivity contribution is 0.405. The number of benzene rings is 2. The standard InChI is InChI=1S/C16H17Br2NO.ClH/c1-11-3-5-12(6-4-11)9-19-10-13-7-14(17)8-15(18)16(13)20-2;/h3-8,19H,9-10H2,1-2H3;1H. The van der Waals surface area contributed by atoms with Crippen molar-refractivity contribution < 1.29 is 4.74 Å². The summed E-state index contributed by atoms with van der Waals surface area (Å²) in [4.78, 5) is 0. The molecule has 0 saturated heterocycles. The Morgan fingerprint density at radius 1 is 1.05 bits per heavy atom. The van der Waals surface area contributed by atoms with Gasteiger partial charge < -0.3 is 10.1 Å². The second-order valence-corrected chi connectivity index (χ2v) is 6.44. The first kappa shape index (κ1) is 18.5.